The molecule has 0 rings (SSSR count). The van der Waals surface area contributed by atoms with Crippen molar-refractivity contribution in [3.8, 4) is 0 Å². The van der Waals surface area contributed by atoms with Crippen molar-refractivity contribution in [2.75, 3.05) is 0 Å². The van der Waals surface area contributed by atoms with Gasteiger partial charge in [0.15, 0.2) is 0 Å². The van der Waals surface area contributed by atoms with E-state index >= 15 is 0 Å². The molecule has 0 aromatic rings. The van der Waals surface area contributed by atoms with E-state index in [-0.39, 0.29) is 0 Å². The summed E-state index contributed by atoms with van der Waals surface area (Å²) in [5.74, 6) is 0. The van der Waals surface area contributed by atoms with Gasteiger partial charge < -0.3 is 0 Å². The molecule has 0 N–H and O–H groups in total. The highest BCUT2D eigenvalue weighted by Gasteiger charge is 1.60. The Balaban J connectivity index is 3.35. The maximum absolute atomic E-state index is 5.26. The Morgan fingerprint density at radius 3 is 2.33 bits per heavy atom. The van der Waals surface area contributed by atoms with Gasteiger partial charge in [-0.1, -0.05) is 48.9 Å². The van der Waals surface area contributed by atoms with Crippen LogP contribution in [0.5, 0.6) is 0 Å². The minimum absolute atomic E-state index is 1.08. The highest BCUT2D eigenvalue weighted by atomic mass is 35.5. The van der Waals surface area contributed by atoms with Crippen LogP contribution in [0.15, 0.2) is 35.9 Å². The summed E-state index contributed by atoms with van der Waals surface area (Å²) in [5.41, 5.74) is 1.48. The Morgan fingerprint density at radius 1 is 1.11 bits per heavy atom. The summed E-state index contributed by atoms with van der Waals surface area (Å²) in [5, 5.41) is 0. The third-order valence-corrected chi connectivity index (χ3v) is 0.923. The summed E-state index contributed by atoms with van der Waals surface area (Å²) < 4.78 is 0. The van der Waals surface area contributed by atoms with Gasteiger partial charge in [0.25, 0.3) is 0 Å². The summed E-state index contributed by atoms with van der Waals surface area (Å²) in [7, 11) is 0. The van der Waals surface area contributed by atoms with E-state index in [1.165, 1.54) is 5.54 Å². The first-order valence-electron chi connectivity index (χ1n) is 3.00. The fourth-order valence-corrected chi connectivity index (χ4v) is 0.469. The van der Waals surface area contributed by atoms with Crippen molar-refractivity contribution >= 4 is 11.6 Å². The minimum Gasteiger partial charge on any atom is -0.0930 e. The van der Waals surface area contributed by atoms with Crippen molar-refractivity contribution in [2.45, 2.75) is 13.3 Å². The molecule has 0 saturated carbocycles. The second-order valence-electron chi connectivity index (χ2n) is 1.54. The molecule has 1 heteroatoms. The van der Waals surface area contributed by atoms with E-state index in [9.17, 15) is 0 Å². The van der Waals surface area contributed by atoms with Crippen LogP contribution in [-0.2, 0) is 0 Å². The smallest absolute Gasteiger partial charge is 0.00424 e. The third-order valence-electron chi connectivity index (χ3n) is 0.778. The van der Waals surface area contributed by atoms with Gasteiger partial charge in [-0.25, -0.2) is 0 Å². The summed E-state index contributed by atoms with van der Waals surface area (Å²) in [6.07, 6.45) is 10.8. The average molecular weight is 143 g/mol. The molecule has 0 aromatic carbocycles. The molecule has 0 spiro atoms. The summed E-state index contributed by atoms with van der Waals surface area (Å²) >= 11 is 5.26. The van der Waals surface area contributed by atoms with Crippen LogP contribution >= 0.6 is 11.6 Å². The zero-order chi connectivity index (χ0) is 6.95. The molecule has 0 aliphatic rings. The molecule has 0 aliphatic heterocycles. The van der Waals surface area contributed by atoms with Gasteiger partial charge in [-0.3, -0.25) is 0 Å². The largest absolute Gasteiger partial charge is 0.0930 e. The molecule has 9 heavy (non-hydrogen) atoms. The standard InChI is InChI=1S/C8H11Cl/c1-2-3-4-5-6-7-8-9/h3-8H,2H2,1H3. The predicted octanol–water partition coefficient (Wildman–Crippen LogP) is 3.26. The summed E-state index contributed by atoms with van der Waals surface area (Å²) in [4.78, 5) is 0. The van der Waals surface area contributed by atoms with Crippen LogP contribution in [0.3, 0.4) is 0 Å². The quantitative estimate of drug-likeness (QED) is 0.531. The molecule has 0 fully saturated rings. The Kier molecular flexibility index (Phi) is 7.10. The van der Waals surface area contributed by atoms with Crippen LogP contribution in [0.4, 0.5) is 0 Å². The van der Waals surface area contributed by atoms with Crippen molar-refractivity contribution in [1.82, 2.24) is 0 Å². The average Bonchev–Trinajstić information content (AvgIpc) is 1.89. The van der Waals surface area contributed by atoms with Crippen LogP contribution in [0.1, 0.15) is 13.3 Å². The highest BCUT2D eigenvalue weighted by Crippen LogP contribution is 1.84. The number of hydrogen-bond donors (Lipinski definition) is 0. The van der Waals surface area contributed by atoms with Crippen molar-refractivity contribution in [1.29, 1.82) is 0 Å². The maximum atomic E-state index is 5.26. The second-order valence-corrected chi connectivity index (χ2v) is 1.79. The SMILES string of the molecule is CCC=CC=CC=CCl. The fraction of sp³-hybridized carbons (Fsp3) is 0.250. The van der Waals surface area contributed by atoms with Gasteiger partial charge in [0.1, 0.15) is 0 Å². The summed E-state index contributed by atoms with van der Waals surface area (Å²) in [6.45, 7) is 2.10. The molecular formula is C8H11Cl. The van der Waals surface area contributed by atoms with E-state index < -0.39 is 0 Å². The van der Waals surface area contributed by atoms with Crippen LogP contribution in [-0.4, -0.2) is 0 Å². The van der Waals surface area contributed by atoms with Crippen molar-refractivity contribution in [2.24, 2.45) is 0 Å². The minimum atomic E-state index is 1.08. The molecule has 0 amide bonds. The van der Waals surface area contributed by atoms with Gasteiger partial charge in [-0.15, -0.1) is 0 Å². The molecule has 0 heterocycles. The maximum Gasteiger partial charge on any atom is 0.00424 e. The van der Waals surface area contributed by atoms with Gasteiger partial charge in [-0.05, 0) is 6.42 Å². The van der Waals surface area contributed by atoms with E-state index in [4.69, 9.17) is 11.6 Å². The van der Waals surface area contributed by atoms with E-state index in [2.05, 4.69) is 13.0 Å². The van der Waals surface area contributed by atoms with Gasteiger partial charge in [0.05, 0.1) is 0 Å². The van der Waals surface area contributed by atoms with Crippen molar-refractivity contribution < 1.29 is 0 Å². The monoisotopic (exact) mass is 142 g/mol. The number of halogens is 1. The number of hydrogen-bond acceptors (Lipinski definition) is 0. The third kappa shape index (κ3) is 7.51. The van der Waals surface area contributed by atoms with E-state index in [0.29, 0.717) is 0 Å². The molecule has 0 aromatic heterocycles. The van der Waals surface area contributed by atoms with Crippen molar-refractivity contribution in [3.63, 3.8) is 0 Å². The highest BCUT2D eigenvalue weighted by molar-refractivity contribution is 6.25. The Labute approximate surface area is 61.5 Å². The molecule has 0 atom stereocenters. The lowest BCUT2D eigenvalue weighted by atomic mass is 10.4. The molecule has 0 unspecified atom stereocenters. The van der Waals surface area contributed by atoms with Crippen LogP contribution in [0.2, 0.25) is 0 Å². The fourth-order valence-electron chi connectivity index (χ4n) is 0.385. The number of rotatable bonds is 3. The van der Waals surface area contributed by atoms with E-state index in [1.807, 2.05) is 18.2 Å². The normalized spacial score (nSPS) is 12.7. The first kappa shape index (κ1) is 8.51. The van der Waals surface area contributed by atoms with Gasteiger partial charge >= 0.3 is 0 Å². The molecule has 0 bridgehead atoms. The zero-order valence-corrected chi connectivity index (χ0v) is 6.31. The topological polar surface area (TPSA) is 0 Å². The molecular weight excluding hydrogens is 132 g/mol. The van der Waals surface area contributed by atoms with Crippen molar-refractivity contribution in [3.05, 3.63) is 35.9 Å². The first-order chi connectivity index (χ1) is 4.41. The molecule has 0 saturated heterocycles. The Bertz CT molecular complexity index is 121. The Morgan fingerprint density at radius 2 is 1.78 bits per heavy atom. The van der Waals surface area contributed by atoms with Gasteiger partial charge in [0, 0.05) is 5.54 Å². The molecule has 0 aliphatic carbocycles. The van der Waals surface area contributed by atoms with Crippen LogP contribution in [0.25, 0.3) is 0 Å². The van der Waals surface area contributed by atoms with Crippen LogP contribution in [0, 0.1) is 0 Å². The lowest BCUT2D eigenvalue weighted by molar-refractivity contribution is 1.22. The molecule has 0 radical (unpaired) electrons. The van der Waals surface area contributed by atoms with E-state index in [1.54, 1.807) is 6.08 Å². The molecule has 0 nitrogen and oxygen atoms in total. The predicted molar refractivity (Wildman–Crippen MR) is 43.6 cm³/mol. The second kappa shape index (κ2) is 7.51. The van der Waals surface area contributed by atoms with E-state index in [0.717, 1.165) is 6.42 Å². The molecule has 50 valence electrons. The number of allylic oxidation sites excluding steroid dienone is 5. The van der Waals surface area contributed by atoms with Gasteiger partial charge in [0.2, 0.25) is 0 Å². The van der Waals surface area contributed by atoms with Gasteiger partial charge in [-0.2, -0.15) is 0 Å². The Hall–Kier alpha value is -0.490. The zero-order valence-electron chi connectivity index (χ0n) is 5.55. The lowest BCUT2D eigenvalue weighted by Crippen LogP contribution is -1.50. The lowest BCUT2D eigenvalue weighted by Gasteiger charge is -1.72. The summed E-state index contributed by atoms with van der Waals surface area (Å²) in [6, 6.07) is 0. The first-order valence-corrected chi connectivity index (χ1v) is 3.44. The van der Waals surface area contributed by atoms with Crippen LogP contribution < -0.4 is 0 Å².